The van der Waals surface area contributed by atoms with E-state index in [2.05, 4.69) is 5.32 Å². The van der Waals surface area contributed by atoms with E-state index in [0.29, 0.717) is 6.07 Å². The molecule has 0 radical (unpaired) electrons. The number of nitrogens with one attached hydrogen (secondary N) is 2. The molecule has 1 aromatic rings. The highest BCUT2D eigenvalue weighted by Crippen LogP contribution is 2.26. The van der Waals surface area contributed by atoms with Crippen molar-refractivity contribution in [3.05, 3.63) is 33.7 Å². The van der Waals surface area contributed by atoms with Crippen LogP contribution in [0.1, 0.15) is 23.0 Å². The van der Waals surface area contributed by atoms with Gasteiger partial charge in [0.2, 0.25) is 0 Å². The zero-order valence-electron chi connectivity index (χ0n) is 11.3. The molecule has 118 valence electrons. The van der Waals surface area contributed by atoms with Crippen molar-refractivity contribution in [1.29, 1.82) is 0 Å². The van der Waals surface area contributed by atoms with Gasteiger partial charge in [-0.2, -0.15) is 24.9 Å². The largest absolute Gasteiger partial charge is 0.431 e. The van der Waals surface area contributed by atoms with Gasteiger partial charge in [-0.05, 0) is 25.3 Å². The molecule has 1 heterocycles. The standard InChI is InChI=1S/C12H15F3N2O3S/c1-6(8(5-18)21-2)16-10(19)7-3-4-9(12(13,14)15)17-11(7)20/h3-4,6,8,18H,5H2,1-2H3,(H,16,19)(H,17,20). The first-order chi connectivity index (χ1) is 9.70. The first-order valence-corrected chi connectivity index (χ1v) is 7.24. The van der Waals surface area contributed by atoms with Crippen LogP contribution >= 0.6 is 11.8 Å². The number of alkyl halides is 3. The van der Waals surface area contributed by atoms with Crippen LogP contribution in [0.25, 0.3) is 0 Å². The molecule has 1 amide bonds. The second-order valence-electron chi connectivity index (χ2n) is 4.33. The minimum absolute atomic E-state index is 0.175. The topological polar surface area (TPSA) is 82.2 Å². The lowest BCUT2D eigenvalue weighted by Crippen LogP contribution is -2.43. The third-order valence-corrected chi connectivity index (χ3v) is 4.02. The molecule has 0 spiro atoms. The third kappa shape index (κ3) is 4.50. The second kappa shape index (κ2) is 6.99. The molecule has 0 bridgehead atoms. The number of aliphatic hydroxyl groups excluding tert-OH is 1. The lowest BCUT2D eigenvalue weighted by molar-refractivity contribution is -0.141. The van der Waals surface area contributed by atoms with E-state index < -0.39 is 34.9 Å². The molecule has 9 heteroatoms. The SMILES string of the molecule is CSC(CO)C(C)NC(=O)c1ccc(C(F)(F)F)[nH]c1=O. The molecule has 0 aromatic carbocycles. The van der Waals surface area contributed by atoms with Gasteiger partial charge >= 0.3 is 6.18 Å². The molecule has 2 atom stereocenters. The van der Waals surface area contributed by atoms with E-state index in [9.17, 15) is 22.8 Å². The number of hydrogen-bond donors (Lipinski definition) is 3. The minimum atomic E-state index is -4.68. The quantitative estimate of drug-likeness (QED) is 0.761. The average molecular weight is 324 g/mol. The third-order valence-electron chi connectivity index (χ3n) is 2.86. The normalized spacial score (nSPS) is 14.6. The number of aliphatic hydroxyl groups is 1. The van der Waals surface area contributed by atoms with Crippen molar-refractivity contribution in [1.82, 2.24) is 10.3 Å². The van der Waals surface area contributed by atoms with Gasteiger partial charge in [0, 0.05) is 11.3 Å². The van der Waals surface area contributed by atoms with Gasteiger partial charge in [0.25, 0.3) is 11.5 Å². The monoisotopic (exact) mass is 324 g/mol. The van der Waals surface area contributed by atoms with Crippen molar-refractivity contribution in [3.63, 3.8) is 0 Å². The maximum atomic E-state index is 12.4. The number of aromatic nitrogens is 1. The van der Waals surface area contributed by atoms with Crippen LogP contribution < -0.4 is 10.9 Å². The molecule has 0 saturated carbocycles. The summed E-state index contributed by atoms with van der Waals surface area (Å²) in [4.78, 5) is 25.0. The molecule has 0 aliphatic carbocycles. The number of amides is 1. The van der Waals surface area contributed by atoms with E-state index in [1.54, 1.807) is 18.2 Å². The highest BCUT2D eigenvalue weighted by atomic mass is 32.2. The number of carbonyl (C=O) groups excluding carboxylic acids is 1. The zero-order valence-corrected chi connectivity index (χ0v) is 12.1. The van der Waals surface area contributed by atoms with Crippen LogP contribution in [0, 0.1) is 0 Å². The summed E-state index contributed by atoms with van der Waals surface area (Å²) in [5, 5.41) is 11.3. The van der Waals surface area contributed by atoms with Crippen LogP contribution in [-0.2, 0) is 6.18 Å². The molecular formula is C12H15F3N2O3S. The average Bonchev–Trinajstić information content (AvgIpc) is 2.38. The molecule has 3 N–H and O–H groups in total. The summed E-state index contributed by atoms with van der Waals surface area (Å²) >= 11 is 1.33. The minimum Gasteiger partial charge on any atom is -0.395 e. The lowest BCUT2D eigenvalue weighted by atomic mass is 10.2. The highest BCUT2D eigenvalue weighted by Gasteiger charge is 2.32. The first-order valence-electron chi connectivity index (χ1n) is 5.95. The number of carbonyl (C=O) groups is 1. The summed E-state index contributed by atoms with van der Waals surface area (Å²) in [6.07, 6.45) is -2.93. The Morgan fingerprint density at radius 2 is 2.10 bits per heavy atom. The summed E-state index contributed by atoms with van der Waals surface area (Å²) in [5.74, 6) is -0.787. The molecule has 1 aromatic heterocycles. The fraction of sp³-hybridized carbons (Fsp3) is 0.500. The van der Waals surface area contributed by atoms with Crippen molar-refractivity contribution >= 4 is 17.7 Å². The van der Waals surface area contributed by atoms with Crippen molar-refractivity contribution in [2.45, 2.75) is 24.4 Å². The molecule has 0 fully saturated rings. The molecule has 1 rings (SSSR count). The molecule has 0 aliphatic heterocycles. The Labute approximate surface area is 122 Å². The van der Waals surface area contributed by atoms with Gasteiger partial charge in [0.05, 0.1) is 6.61 Å². The van der Waals surface area contributed by atoms with Crippen LogP contribution in [-0.4, -0.2) is 40.2 Å². The number of thioether (sulfide) groups is 1. The van der Waals surface area contributed by atoms with Crippen LogP contribution in [0.3, 0.4) is 0 Å². The van der Waals surface area contributed by atoms with E-state index in [1.807, 2.05) is 0 Å². The molecule has 21 heavy (non-hydrogen) atoms. The van der Waals surface area contributed by atoms with E-state index in [4.69, 9.17) is 5.11 Å². The summed E-state index contributed by atoms with van der Waals surface area (Å²) < 4.78 is 37.2. The number of aromatic amines is 1. The van der Waals surface area contributed by atoms with Gasteiger partial charge in [-0.15, -0.1) is 0 Å². The van der Waals surface area contributed by atoms with Gasteiger partial charge < -0.3 is 15.4 Å². The number of rotatable bonds is 5. The molecule has 5 nitrogen and oxygen atoms in total. The number of H-pyrrole nitrogens is 1. The predicted molar refractivity (Wildman–Crippen MR) is 73.4 cm³/mol. The Bertz CT molecular complexity index is 555. The molecular weight excluding hydrogens is 309 g/mol. The number of halogens is 3. The number of pyridine rings is 1. The van der Waals surface area contributed by atoms with Crippen LogP contribution in [0.2, 0.25) is 0 Å². The van der Waals surface area contributed by atoms with E-state index in [1.165, 1.54) is 11.8 Å². The van der Waals surface area contributed by atoms with E-state index >= 15 is 0 Å². The Morgan fingerprint density at radius 1 is 1.48 bits per heavy atom. The fourth-order valence-electron chi connectivity index (χ4n) is 1.63. The van der Waals surface area contributed by atoms with Gasteiger partial charge in [-0.1, -0.05) is 0 Å². The Kier molecular flexibility index (Phi) is 5.85. The summed E-state index contributed by atoms with van der Waals surface area (Å²) in [5.41, 5.74) is -2.73. The van der Waals surface area contributed by atoms with Crippen LogP contribution in [0.4, 0.5) is 13.2 Å². The maximum absolute atomic E-state index is 12.4. The van der Waals surface area contributed by atoms with Gasteiger partial charge in [-0.25, -0.2) is 0 Å². The Morgan fingerprint density at radius 3 is 2.52 bits per heavy atom. The Hall–Kier alpha value is -1.48. The smallest absolute Gasteiger partial charge is 0.395 e. The van der Waals surface area contributed by atoms with Crippen molar-refractivity contribution < 1.29 is 23.1 Å². The van der Waals surface area contributed by atoms with Gasteiger partial charge in [-0.3, -0.25) is 9.59 Å². The summed E-state index contributed by atoms with van der Waals surface area (Å²) in [7, 11) is 0. The van der Waals surface area contributed by atoms with Gasteiger partial charge in [0.1, 0.15) is 11.3 Å². The summed E-state index contributed by atoms with van der Waals surface area (Å²) in [6, 6.07) is 1.02. The van der Waals surface area contributed by atoms with E-state index in [-0.39, 0.29) is 11.9 Å². The lowest BCUT2D eigenvalue weighted by Gasteiger charge is -2.21. The number of hydrogen-bond acceptors (Lipinski definition) is 4. The zero-order chi connectivity index (χ0) is 16.2. The highest BCUT2D eigenvalue weighted by molar-refractivity contribution is 7.99. The van der Waals surface area contributed by atoms with Crippen molar-refractivity contribution in [2.24, 2.45) is 0 Å². The van der Waals surface area contributed by atoms with Crippen molar-refractivity contribution in [3.8, 4) is 0 Å². The predicted octanol–water partition coefficient (Wildman–Crippen LogP) is 1.24. The van der Waals surface area contributed by atoms with Crippen molar-refractivity contribution in [2.75, 3.05) is 12.9 Å². The van der Waals surface area contributed by atoms with Gasteiger partial charge in [0.15, 0.2) is 0 Å². The molecule has 0 saturated heterocycles. The van der Waals surface area contributed by atoms with Crippen LogP contribution in [0.5, 0.6) is 0 Å². The first kappa shape index (κ1) is 17.6. The Balaban J connectivity index is 2.92. The van der Waals surface area contributed by atoms with E-state index in [0.717, 1.165) is 6.07 Å². The molecule has 0 aliphatic rings. The fourth-order valence-corrected chi connectivity index (χ4v) is 2.26. The molecule has 2 unspecified atom stereocenters. The maximum Gasteiger partial charge on any atom is 0.431 e. The summed E-state index contributed by atoms with van der Waals surface area (Å²) in [6.45, 7) is 1.46. The second-order valence-corrected chi connectivity index (χ2v) is 5.41. The van der Waals surface area contributed by atoms with Crippen LogP contribution in [0.15, 0.2) is 16.9 Å².